The van der Waals surface area contributed by atoms with Crippen molar-refractivity contribution in [2.24, 2.45) is 0 Å². The Morgan fingerprint density at radius 1 is 1.07 bits per heavy atom. The maximum Gasteiger partial charge on any atom is 0.412 e. The molecular weight excluding hydrogens is 348 g/mol. The third kappa shape index (κ3) is 6.92. The van der Waals surface area contributed by atoms with E-state index in [4.69, 9.17) is 9.47 Å². The summed E-state index contributed by atoms with van der Waals surface area (Å²) in [4.78, 5) is 36.0. The van der Waals surface area contributed by atoms with E-state index >= 15 is 0 Å². The molecule has 1 aromatic rings. The van der Waals surface area contributed by atoms with Crippen LogP contribution in [0.1, 0.15) is 63.7 Å². The third-order valence-electron chi connectivity index (χ3n) is 4.12. The van der Waals surface area contributed by atoms with Crippen molar-refractivity contribution in [2.75, 3.05) is 5.32 Å². The Labute approximate surface area is 159 Å². The highest BCUT2D eigenvalue weighted by atomic mass is 16.6. The average Bonchev–Trinajstić information content (AvgIpc) is 3.06. The molecule has 0 aromatic heterocycles. The van der Waals surface area contributed by atoms with Crippen LogP contribution in [0.4, 0.5) is 10.5 Å². The van der Waals surface area contributed by atoms with Crippen molar-refractivity contribution in [3.63, 3.8) is 0 Å². The molecule has 1 aliphatic rings. The first-order chi connectivity index (χ1) is 12.6. The van der Waals surface area contributed by atoms with E-state index in [0.717, 1.165) is 25.7 Å². The lowest BCUT2D eigenvalue weighted by Crippen LogP contribution is -2.40. The molecule has 7 heteroatoms. The van der Waals surface area contributed by atoms with E-state index in [1.54, 1.807) is 39.8 Å². The van der Waals surface area contributed by atoms with Gasteiger partial charge in [-0.3, -0.25) is 10.1 Å². The van der Waals surface area contributed by atoms with Gasteiger partial charge in [-0.25, -0.2) is 9.59 Å². The third-order valence-corrected chi connectivity index (χ3v) is 4.12. The smallest absolute Gasteiger partial charge is 0.412 e. The summed E-state index contributed by atoms with van der Waals surface area (Å²) in [6.45, 7) is 6.88. The van der Waals surface area contributed by atoms with Crippen LogP contribution in [0.3, 0.4) is 0 Å². The van der Waals surface area contributed by atoms with Crippen molar-refractivity contribution in [1.29, 1.82) is 0 Å². The zero-order valence-electron chi connectivity index (χ0n) is 16.3. The summed E-state index contributed by atoms with van der Waals surface area (Å²) in [6, 6.07) is 6.37. The van der Waals surface area contributed by atoms with E-state index in [1.807, 2.05) is 0 Å². The summed E-state index contributed by atoms with van der Waals surface area (Å²) in [5.41, 5.74) is 0.196. The second-order valence-electron chi connectivity index (χ2n) is 7.74. The molecular formula is C20H28N2O5. The van der Waals surface area contributed by atoms with Gasteiger partial charge in [0.2, 0.25) is 0 Å². The quantitative estimate of drug-likeness (QED) is 0.765. The van der Waals surface area contributed by atoms with Crippen LogP contribution < -0.4 is 10.6 Å². The number of carbonyl (C=O) groups excluding carboxylic acids is 3. The summed E-state index contributed by atoms with van der Waals surface area (Å²) in [5.74, 6) is -0.869. The summed E-state index contributed by atoms with van der Waals surface area (Å²) < 4.78 is 10.4. The maximum absolute atomic E-state index is 12.2. The van der Waals surface area contributed by atoms with Gasteiger partial charge in [-0.1, -0.05) is 12.8 Å². The minimum Gasteiger partial charge on any atom is -0.449 e. The number of hydrogen-bond acceptors (Lipinski definition) is 5. The Morgan fingerprint density at radius 3 is 2.22 bits per heavy atom. The molecule has 2 N–H and O–H groups in total. The van der Waals surface area contributed by atoms with Crippen molar-refractivity contribution >= 4 is 23.7 Å². The minimum absolute atomic E-state index is 0.178. The number of hydrogen-bond donors (Lipinski definition) is 2. The predicted octanol–water partition coefficient (Wildman–Crippen LogP) is 3.64. The molecule has 2 rings (SSSR count). The molecule has 7 nitrogen and oxygen atoms in total. The Morgan fingerprint density at radius 2 is 1.67 bits per heavy atom. The topological polar surface area (TPSA) is 93.7 Å². The number of amides is 2. The number of rotatable bonds is 5. The first-order valence-corrected chi connectivity index (χ1v) is 9.25. The highest BCUT2D eigenvalue weighted by Crippen LogP contribution is 2.18. The Hall–Kier alpha value is -2.57. The molecule has 27 heavy (non-hydrogen) atoms. The number of ether oxygens (including phenoxy) is 2. The molecule has 0 saturated heterocycles. The fourth-order valence-corrected chi connectivity index (χ4v) is 2.78. The lowest BCUT2D eigenvalue weighted by atomic mass is 10.2. The van der Waals surface area contributed by atoms with Crippen LogP contribution in [0.5, 0.6) is 0 Å². The Balaban J connectivity index is 1.85. The first-order valence-electron chi connectivity index (χ1n) is 9.25. The summed E-state index contributed by atoms with van der Waals surface area (Å²) in [5, 5.41) is 5.49. The zero-order valence-corrected chi connectivity index (χ0v) is 16.3. The van der Waals surface area contributed by atoms with Gasteiger partial charge in [-0.05, 0) is 64.8 Å². The lowest BCUT2D eigenvalue weighted by molar-refractivity contribution is -0.129. The van der Waals surface area contributed by atoms with Crippen LogP contribution >= 0.6 is 0 Å². The molecule has 148 valence electrons. The molecule has 0 aliphatic heterocycles. The molecule has 0 heterocycles. The number of nitrogens with one attached hydrogen (secondary N) is 2. The van der Waals surface area contributed by atoms with Crippen LogP contribution in [0.2, 0.25) is 0 Å². The fraction of sp³-hybridized carbons (Fsp3) is 0.550. The second-order valence-corrected chi connectivity index (χ2v) is 7.74. The van der Waals surface area contributed by atoms with Gasteiger partial charge in [0.05, 0.1) is 5.56 Å². The highest BCUT2D eigenvalue weighted by Gasteiger charge is 2.23. The Bertz CT molecular complexity index is 673. The number of carbonyl (C=O) groups is 3. The largest absolute Gasteiger partial charge is 0.449 e. The van der Waals surface area contributed by atoms with Gasteiger partial charge in [0.1, 0.15) is 5.60 Å². The number of esters is 1. The molecule has 0 spiro atoms. The van der Waals surface area contributed by atoms with Gasteiger partial charge in [0.25, 0.3) is 5.91 Å². The zero-order chi connectivity index (χ0) is 20.0. The van der Waals surface area contributed by atoms with E-state index in [-0.39, 0.29) is 11.9 Å². The molecule has 1 aliphatic carbocycles. The van der Waals surface area contributed by atoms with Gasteiger partial charge in [0.15, 0.2) is 6.10 Å². The van der Waals surface area contributed by atoms with Gasteiger partial charge in [0, 0.05) is 11.7 Å². The van der Waals surface area contributed by atoms with Crippen LogP contribution in [-0.2, 0) is 14.3 Å². The molecule has 2 amide bonds. The average molecular weight is 376 g/mol. The SMILES string of the molecule is C[C@@H](OC(=O)c1ccc(NC(=O)OC(C)(C)C)cc1)C(=O)NC1CCCC1. The number of benzene rings is 1. The van der Waals surface area contributed by atoms with E-state index in [1.165, 1.54) is 12.1 Å². The molecule has 1 atom stereocenters. The Kier molecular flexibility index (Phi) is 6.82. The van der Waals surface area contributed by atoms with Crippen LogP contribution in [-0.4, -0.2) is 35.7 Å². The highest BCUT2D eigenvalue weighted by molar-refractivity contribution is 5.93. The van der Waals surface area contributed by atoms with E-state index < -0.39 is 23.8 Å². The molecule has 0 bridgehead atoms. The minimum atomic E-state index is -0.863. The molecule has 1 fully saturated rings. The van der Waals surface area contributed by atoms with E-state index in [2.05, 4.69) is 10.6 Å². The van der Waals surface area contributed by atoms with Crippen molar-refractivity contribution < 1.29 is 23.9 Å². The molecule has 0 radical (unpaired) electrons. The molecule has 0 unspecified atom stereocenters. The molecule has 1 aromatic carbocycles. The molecule has 1 saturated carbocycles. The van der Waals surface area contributed by atoms with Crippen LogP contribution in [0.15, 0.2) is 24.3 Å². The number of anilines is 1. The van der Waals surface area contributed by atoms with E-state index in [9.17, 15) is 14.4 Å². The van der Waals surface area contributed by atoms with E-state index in [0.29, 0.717) is 11.3 Å². The standard InChI is InChI=1S/C20H28N2O5/c1-13(17(23)21-15-7-5-6-8-15)26-18(24)14-9-11-16(12-10-14)22-19(25)27-20(2,3)4/h9-13,15H,5-8H2,1-4H3,(H,21,23)(H,22,25)/t13-/m1/s1. The monoisotopic (exact) mass is 376 g/mol. The second kappa shape index (κ2) is 8.88. The van der Waals surface area contributed by atoms with Crippen molar-refractivity contribution in [3.8, 4) is 0 Å². The van der Waals surface area contributed by atoms with Gasteiger partial charge >= 0.3 is 12.1 Å². The van der Waals surface area contributed by atoms with Crippen LogP contribution in [0, 0.1) is 0 Å². The van der Waals surface area contributed by atoms with Gasteiger partial charge < -0.3 is 14.8 Å². The first kappa shape index (κ1) is 20.7. The fourth-order valence-electron chi connectivity index (χ4n) is 2.78. The van der Waals surface area contributed by atoms with Crippen molar-refractivity contribution in [3.05, 3.63) is 29.8 Å². The van der Waals surface area contributed by atoms with Gasteiger partial charge in [-0.15, -0.1) is 0 Å². The normalized spacial score (nSPS) is 15.7. The van der Waals surface area contributed by atoms with Gasteiger partial charge in [-0.2, -0.15) is 0 Å². The summed E-state index contributed by atoms with van der Waals surface area (Å²) >= 11 is 0. The predicted molar refractivity (Wildman–Crippen MR) is 102 cm³/mol. The maximum atomic E-state index is 12.2. The van der Waals surface area contributed by atoms with Crippen LogP contribution in [0.25, 0.3) is 0 Å². The van der Waals surface area contributed by atoms with Crippen molar-refractivity contribution in [1.82, 2.24) is 5.32 Å². The van der Waals surface area contributed by atoms with Crippen molar-refractivity contribution in [2.45, 2.75) is 71.1 Å². The summed E-state index contributed by atoms with van der Waals surface area (Å²) in [6.07, 6.45) is 2.73. The lowest BCUT2D eigenvalue weighted by Gasteiger charge is -2.19. The summed E-state index contributed by atoms with van der Waals surface area (Å²) in [7, 11) is 0.